The highest BCUT2D eigenvalue weighted by molar-refractivity contribution is 5.20. The molecule has 0 N–H and O–H groups in total. The zero-order valence-corrected chi connectivity index (χ0v) is 18.9. The molecule has 3 aromatic rings. The van der Waals surface area contributed by atoms with Crippen molar-refractivity contribution in [2.75, 3.05) is 13.7 Å². The number of aromatic nitrogens is 2. The lowest BCUT2D eigenvalue weighted by molar-refractivity contribution is -0.114. The van der Waals surface area contributed by atoms with Gasteiger partial charge in [0.15, 0.2) is 6.23 Å². The van der Waals surface area contributed by atoms with Crippen LogP contribution in [0.2, 0.25) is 0 Å². The zero-order valence-electron chi connectivity index (χ0n) is 18.9. The Morgan fingerprint density at radius 2 is 1.94 bits per heavy atom. The van der Waals surface area contributed by atoms with Crippen LogP contribution in [0.5, 0.6) is 5.88 Å². The average Bonchev–Trinajstić information content (AvgIpc) is 3.21. The molecule has 2 fully saturated rings. The smallest absolute Gasteiger partial charge is 0.353 e. The first-order valence-electron chi connectivity index (χ1n) is 11.4. The van der Waals surface area contributed by atoms with Gasteiger partial charge in [-0.2, -0.15) is 4.98 Å². The van der Waals surface area contributed by atoms with Crippen LogP contribution < -0.4 is 10.4 Å². The van der Waals surface area contributed by atoms with Crippen molar-refractivity contribution in [3.8, 4) is 5.88 Å². The van der Waals surface area contributed by atoms with Crippen LogP contribution in [-0.2, 0) is 20.8 Å². The number of hydrogen-bond donors (Lipinski definition) is 0. The Morgan fingerprint density at radius 1 is 1.09 bits per heavy atom. The van der Waals surface area contributed by atoms with E-state index in [2.05, 4.69) is 4.98 Å². The highest BCUT2D eigenvalue weighted by Crippen LogP contribution is 2.46. The van der Waals surface area contributed by atoms with Crippen LogP contribution in [0.25, 0.3) is 0 Å². The summed E-state index contributed by atoms with van der Waals surface area (Å²) in [5.41, 5.74) is 1.28. The van der Waals surface area contributed by atoms with E-state index in [1.54, 1.807) is 25.4 Å². The number of rotatable bonds is 7. The third-order valence-corrected chi connectivity index (χ3v) is 6.44. The molecule has 5 atom stereocenters. The summed E-state index contributed by atoms with van der Waals surface area (Å²) in [4.78, 5) is 17.0. The Morgan fingerprint density at radius 3 is 2.71 bits per heavy atom. The van der Waals surface area contributed by atoms with E-state index in [1.807, 2.05) is 36.4 Å². The summed E-state index contributed by atoms with van der Waals surface area (Å²) in [6.07, 6.45) is 1.64. The van der Waals surface area contributed by atoms with Crippen LogP contribution in [0.4, 0.5) is 4.39 Å². The lowest BCUT2D eigenvalue weighted by Gasteiger charge is -2.35. The molecule has 0 bridgehead atoms. The molecular formula is C26H27FN2O5. The second-order valence-electron chi connectivity index (χ2n) is 8.64. The average molecular weight is 467 g/mol. The maximum atomic E-state index is 13.8. The first-order chi connectivity index (χ1) is 16.6. The van der Waals surface area contributed by atoms with E-state index >= 15 is 0 Å². The van der Waals surface area contributed by atoms with Gasteiger partial charge in [-0.3, -0.25) is 4.57 Å². The van der Waals surface area contributed by atoms with Gasteiger partial charge in [-0.15, -0.1) is 0 Å². The third kappa shape index (κ3) is 4.75. The quantitative estimate of drug-likeness (QED) is 0.523. The molecule has 0 saturated carbocycles. The first-order valence-corrected chi connectivity index (χ1v) is 11.4. The third-order valence-electron chi connectivity index (χ3n) is 6.44. The molecule has 0 radical (unpaired) electrons. The van der Waals surface area contributed by atoms with E-state index < -0.39 is 18.0 Å². The predicted octanol–water partition coefficient (Wildman–Crippen LogP) is 4.04. The van der Waals surface area contributed by atoms with E-state index in [4.69, 9.17) is 18.9 Å². The van der Waals surface area contributed by atoms with Crippen LogP contribution >= 0.6 is 0 Å². The Balaban J connectivity index is 1.36. The molecular weight excluding hydrogens is 439 g/mol. The minimum atomic E-state index is -0.662. The number of benzene rings is 2. The van der Waals surface area contributed by atoms with Crippen molar-refractivity contribution < 1.29 is 23.3 Å². The van der Waals surface area contributed by atoms with E-state index in [-0.39, 0.29) is 29.8 Å². The Labute approximate surface area is 197 Å². The molecule has 2 saturated heterocycles. The van der Waals surface area contributed by atoms with Gasteiger partial charge < -0.3 is 18.9 Å². The van der Waals surface area contributed by atoms with Crippen molar-refractivity contribution in [2.24, 2.45) is 5.92 Å². The van der Waals surface area contributed by atoms with Crippen molar-refractivity contribution >= 4 is 0 Å². The summed E-state index contributed by atoms with van der Waals surface area (Å²) >= 11 is 0. The van der Waals surface area contributed by atoms with Crippen LogP contribution in [0.3, 0.4) is 0 Å². The molecule has 0 aliphatic carbocycles. The number of hydrogen-bond acceptors (Lipinski definition) is 6. The Bertz CT molecular complexity index is 1170. The van der Waals surface area contributed by atoms with Gasteiger partial charge in [-0.25, -0.2) is 9.18 Å². The maximum absolute atomic E-state index is 13.8. The van der Waals surface area contributed by atoms with Crippen molar-refractivity contribution in [1.29, 1.82) is 0 Å². The second-order valence-corrected chi connectivity index (χ2v) is 8.64. The number of halogens is 1. The van der Waals surface area contributed by atoms with Gasteiger partial charge in [-0.05, 0) is 36.1 Å². The molecule has 5 rings (SSSR count). The molecule has 2 unspecified atom stereocenters. The lowest BCUT2D eigenvalue weighted by atomic mass is 9.87. The molecule has 2 aliphatic heterocycles. The highest BCUT2D eigenvalue weighted by atomic mass is 19.1. The topological polar surface area (TPSA) is 71.8 Å². The van der Waals surface area contributed by atoms with Gasteiger partial charge in [0.25, 0.3) is 0 Å². The lowest BCUT2D eigenvalue weighted by Crippen LogP contribution is -2.38. The van der Waals surface area contributed by atoms with Crippen LogP contribution in [0, 0.1) is 11.7 Å². The fourth-order valence-electron chi connectivity index (χ4n) is 4.81. The highest BCUT2D eigenvalue weighted by Gasteiger charge is 2.49. The number of ether oxygens (including phenoxy) is 4. The minimum Gasteiger partial charge on any atom is -0.473 e. The molecule has 3 heterocycles. The molecule has 0 spiro atoms. The fourth-order valence-corrected chi connectivity index (χ4v) is 4.81. The normalized spacial score (nSPS) is 26.2. The standard InChI is InChI=1S/C26H27FN2O5/c1-31-16-22-20-10-11-21(18-8-5-9-19(27)14-18)33-24(20)25(34-22)29-13-12-23(28-26(29)30)32-15-17-6-3-2-4-7-17/h2-9,12-14,20-22,24-25H,10-11,15-16H2,1H3/t20?,21?,22-,24+,25-/m1/s1. The molecule has 34 heavy (non-hydrogen) atoms. The SMILES string of the molecule is COC[C@H]1O[C@@H](n2ccc(OCc3ccccc3)nc2=O)[C@H]2OC(c3cccc(F)c3)CCC12. The largest absolute Gasteiger partial charge is 0.473 e. The van der Waals surface area contributed by atoms with Gasteiger partial charge in [0.1, 0.15) is 18.5 Å². The molecule has 0 amide bonds. The number of fused-ring (bicyclic) bond motifs is 1. The molecule has 178 valence electrons. The van der Waals surface area contributed by atoms with Crippen molar-refractivity contribution in [1.82, 2.24) is 9.55 Å². The predicted molar refractivity (Wildman–Crippen MR) is 122 cm³/mol. The van der Waals surface area contributed by atoms with Crippen LogP contribution in [-0.4, -0.2) is 35.5 Å². The summed E-state index contributed by atoms with van der Waals surface area (Å²) in [7, 11) is 1.62. The van der Waals surface area contributed by atoms with Gasteiger partial charge in [0.05, 0.1) is 18.8 Å². The number of nitrogens with zero attached hydrogens (tertiary/aromatic N) is 2. The number of methoxy groups -OCH3 is 1. The summed E-state index contributed by atoms with van der Waals surface area (Å²) in [6, 6.07) is 17.8. The van der Waals surface area contributed by atoms with Gasteiger partial charge in [0.2, 0.25) is 5.88 Å². The van der Waals surface area contributed by atoms with Crippen LogP contribution in [0.15, 0.2) is 71.7 Å². The van der Waals surface area contributed by atoms with E-state index in [0.29, 0.717) is 13.2 Å². The second kappa shape index (κ2) is 10.0. The van der Waals surface area contributed by atoms with Crippen molar-refractivity contribution in [2.45, 2.75) is 44.0 Å². The van der Waals surface area contributed by atoms with Crippen molar-refractivity contribution in [3.05, 3.63) is 94.3 Å². The minimum absolute atomic E-state index is 0.0515. The van der Waals surface area contributed by atoms with Gasteiger partial charge >= 0.3 is 5.69 Å². The molecule has 7 nitrogen and oxygen atoms in total. The van der Waals surface area contributed by atoms with Gasteiger partial charge in [0, 0.05) is 25.3 Å². The summed E-state index contributed by atoms with van der Waals surface area (Å²) < 4.78 is 39.0. The monoisotopic (exact) mass is 466 g/mol. The van der Waals surface area contributed by atoms with E-state index in [1.165, 1.54) is 16.7 Å². The molecule has 2 aromatic carbocycles. The van der Waals surface area contributed by atoms with Gasteiger partial charge in [-0.1, -0.05) is 42.5 Å². The summed E-state index contributed by atoms with van der Waals surface area (Å²) in [5, 5.41) is 0. The van der Waals surface area contributed by atoms with E-state index in [0.717, 1.165) is 24.0 Å². The van der Waals surface area contributed by atoms with Crippen LogP contribution in [0.1, 0.15) is 36.3 Å². The molecule has 2 aliphatic rings. The Hall–Kier alpha value is -3.07. The van der Waals surface area contributed by atoms with Crippen molar-refractivity contribution in [3.63, 3.8) is 0 Å². The Kier molecular flexibility index (Phi) is 6.71. The maximum Gasteiger partial charge on any atom is 0.353 e. The summed E-state index contributed by atoms with van der Waals surface area (Å²) in [6.45, 7) is 0.711. The zero-order chi connectivity index (χ0) is 23.5. The van der Waals surface area contributed by atoms with E-state index in [9.17, 15) is 9.18 Å². The summed E-state index contributed by atoms with van der Waals surface area (Å²) in [5.74, 6) is -0.00262. The molecule has 8 heteroatoms. The molecule has 1 aromatic heterocycles. The fraction of sp³-hybridized carbons (Fsp3) is 0.385. The first kappa shape index (κ1) is 22.7.